The van der Waals surface area contributed by atoms with Gasteiger partial charge in [-0.1, -0.05) is 24.6 Å². The van der Waals surface area contributed by atoms with Crippen molar-refractivity contribution >= 4 is 27.4 Å². The van der Waals surface area contributed by atoms with Gasteiger partial charge in [0.05, 0.1) is 27.4 Å². The molecule has 0 amide bonds. The van der Waals surface area contributed by atoms with Crippen molar-refractivity contribution in [2.45, 2.75) is 31.3 Å². The molecule has 0 spiro atoms. The molecule has 2 heterocycles. The normalized spacial score (nSPS) is 18.0. The maximum atomic E-state index is 12.2. The van der Waals surface area contributed by atoms with Crippen LogP contribution in [0.3, 0.4) is 0 Å². The average Bonchev–Trinajstić information content (AvgIpc) is 3.22. The van der Waals surface area contributed by atoms with Crippen molar-refractivity contribution in [2.24, 2.45) is 0 Å². The molecule has 0 aliphatic carbocycles. The Hall–Kier alpha value is -2.77. The minimum atomic E-state index is -0.781. The third-order valence-electron chi connectivity index (χ3n) is 5.97. The number of methoxy groups -OCH3 is 3. The molecule has 7 heteroatoms. The first-order valence-electron chi connectivity index (χ1n) is 10.3. The Kier molecular flexibility index (Phi) is 6.34. The van der Waals surface area contributed by atoms with Crippen molar-refractivity contribution in [3.8, 4) is 17.2 Å². The first kappa shape index (κ1) is 21.5. The van der Waals surface area contributed by atoms with Gasteiger partial charge in [-0.3, -0.25) is 9.69 Å². The standard InChI is InChI=1S/C24H27NO5S/c1-28-19-12-15(13-20(29-2)23(19)30-3)22(25-11-7-6-9-18(25)24(26)27)17-14-31-21-10-5-4-8-16(17)21/h4-5,8,10,12-14,18,22H,6-7,9,11H2,1-3H3,(H,26,27). The molecular weight excluding hydrogens is 414 g/mol. The smallest absolute Gasteiger partial charge is 0.320 e. The third-order valence-corrected chi connectivity index (χ3v) is 6.95. The van der Waals surface area contributed by atoms with Gasteiger partial charge in [-0.25, -0.2) is 0 Å². The van der Waals surface area contributed by atoms with Crippen molar-refractivity contribution in [1.29, 1.82) is 0 Å². The predicted molar refractivity (Wildman–Crippen MR) is 122 cm³/mol. The summed E-state index contributed by atoms with van der Waals surface area (Å²) < 4.78 is 17.9. The van der Waals surface area contributed by atoms with E-state index in [0.717, 1.165) is 29.4 Å². The van der Waals surface area contributed by atoms with E-state index in [-0.39, 0.29) is 6.04 Å². The summed E-state index contributed by atoms with van der Waals surface area (Å²) in [5.41, 5.74) is 2.02. The number of piperidine rings is 1. The number of ether oxygens (including phenoxy) is 3. The summed E-state index contributed by atoms with van der Waals surface area (Å²) in [5.74, 6) is 0.864. The number of carboxylic acids is 1. The summed E-state index contributed by atoms with van der Waals surface area (Å²) in [6.45, 7) is 0.711. The second-order valence-corrected chi connectivity index (χ2v) is 8.55. The lowest BCUT2D eigenvalue weighted by molar-refractivity contribution is -0.145. The van der Waals surface area contributed by atoms with Gasteiger partial charge in [0, 0.05) is 4.70 Å². The molecule has 6 nitrogen and oxygen atoms in total. The van der Waals surface area contributed by atoms with Gasteiger partial charge in [0.2, 0.25) is 5.75 Å². The van der Waals surface area contributed by atoms with Gasteiger partial charge < -0.3 is 19.3 Å². The van der Waals surface area contributed by atoms with Crippen LogP contribution >= 0.6 is 11.3 Å². The van der Waals surface area contributed by atoms with Crippen LogP contribution in [-0.2, 0) is 4.79 Å². The SMILES string of the molecule is COc1cc(C(c2csc3ccccc23)N2CCCCC2C(=O)O)cc(OC)c1OC. The molecule has 3 aromatic rings. The van der Waals surface area contributed by atoms with E-state index in [9.17, 15) is 9.90 Å². The Morgan fingerprint density at radius 2 is 1.81 bits per heavy atom. The zero-order chi connectivity index (χ0) is 22.0. The van der Waals surface area contributed by atoms with Crippen LogP contribution in [0.25, 0.3) is 10.1 Å². The molecule has 4 rings (SSSR count). The molecule has 1 aliphatic heterocycles. The molecule has 2 aromatic carbocycles. The molecule has 0 bridgehead atoms. The van der Waals surface area contributed by atoms with E-state index in [1.165, 1.54) is 4.70 Å². The lowest BCUT2D eigenvalue weighted by atomic mass is 9.91. The highest BCUT2D eigenvalue weighted by atomic mass is 32.1. The molecule has 1 N–H and O–H groups in total. The highest BCUT2D eigenvalue weighted by molar-refractivity contribution is 7.17. The Morgan fingerprint density at radius 3 is 2.45 bits per heavy atom. The monoisotopic (exact) mass is 441 g/mol. The number of aliphatic carboxylic acids is 1. The molecule has 2 unspecified atom stereocenters. The molecule has 2 atom stereocenters. The molecule has 164 valence electrons. The van der Waals surface area contributed by atoms with Crippen LogP contribution in [0.15, 0.2) is 41.8 Å². The van der Waals surface area contributed by atoms with Gasteiger partial charge in [0.15, 0.2) is 11.5 Å². The summed E-state index contributed by atoms with van der Waals surface area (Å²) in [7, 11) is 4.77. The molecule has 1 saturated heterocycles. The Bertz CT molecular complexity index is 1050. The first-order valence-corrected chi connectivity index (χ1v) is 11.2. The summed E-state index contributed by atoms with van der Waals surface area (Å²) >= 11 is 1.68. The molecule has 1 aliphatic rings. The average molecular weight is 442 g/mol. The van der Waals surface area contributed by atoms with Crippen LogP contribution in [0.1, 0.15) is 36.4 Å². The van der Waals surface area contributed by atoms with Crippen LogP contribution in [0.2, 0.25) is 0 Å². The van der Waals surface area contributed by atoms with Gasteiger partial charge in [-0.15, -0.1) is 11.3 Å². The second kappa shape index (κ2) is 9.16. The minimum Gasteiger partial charge on any atom is -0.493 e. The Labute approximate surface area is 186 Å². The zero-order valence-corrected chi connectivity index (χ0v) is 18.8. The fourth-order valence-electron chi connectivity index (χ4n) is 4.55. The number of rotatable bonds is 7. The second-order valence-electron chi connectivity index (χ2n) is 7.64. The van der Waals surface area contributed by atoms with E-state index in [0.29, 0.717) is 30.2 Å². The van der Waals surface area contributed by atoms with Gasteiger partial charge >= 0.3 is 5.97 Å². The molecular formula is C24H27NO5S. The summed E-state index contributed by atoms with van der Waals surface area (Å²) in [6, 6.07) is 11.3. The van der Waals surface area contributed by atoms with Crippen molar-refractivity contribution in [2.75, 3.05) is 27.9 Å². The maximum absolute atomic E-state index is 12.2. The Morgan fingerprint density at radius 1 is 1.10 bits per heavy atom. The predicted octanol–water partition coefficient (Wildman–Crippen LogP) is 4.96. The molecule has 31 heavy (non-hydrogen) atoms. The summed E-state index contributed by atoms with van der Waals surface area (Å²) in [5, 5.41) is 13.3. The van der Waals surface area contributed by atoms with Crippen LogP contribution in [0, 0.1) is 0 Å². The van der Waals surface area contributed by atoms with E-state index < -0.39 is 12.0 Å². The number of fused-ring (bicyclic) bond motifs is 1. The highest BCUT2D eigenvalue weighted by Crippen LogP contribution is 2.45. The highest BCUT2D eigenvalue weighted by Gasteiger charge is 2.37. The largest absolute Gasteiger partial charge is 0.493 e. The zero-order valence-electron chi connectivity index (χ0n) is 18.0. The van der Waals surface area contributed by atoms with E-state index in [1.807, 2.05) is 24.3 Å². The van der Waals surface area contributed by atoms with Crippen molar-refractivity contribution in [3.05, 3.63) is 52.9 Å². The maximum Gasteiger partial charge on any atom is 0.320 e. The van der Waals surface area contributed by atoms with Crippen molar-refractivity contribution in [1.82, 2.24) is 4.90 Å². The topological polar surface area (TPSA) is 68.2 Å². The number of hydrogen-bond donors (Lipinski definition) is 1. The van der Waals surface area contributed by atoms with E-state index in [2.05, 4.69) is 22.4 Å². The molecule has 0 saturated carbocycles. The van der Waals surface area contributed by atoms with E-state index in [1.54, 1.807) is 32.7 Å². The lowest BCUT2D eigenvalue weighted by Crippen LogP contribution is -2.46. The summed E-state index contributed by atoms with van der Waals surface area (Å²) in [6.07, 6.45) is 2.52. The van der Waals surface area contributed by atoms with Gasteiger partial charge in [0.25, 0.3) is 0 Å². The number of thiophene rings is 1. The molecule has 1 aromatic heterocycles. The van der Waals surface area contributed by atoms with Crippen LogP contribution in [0.5, 0.6) is 17.2 Å². The Balaban J connectivity index is 1.94. The number of carboxylic acid groups (broad SMARTS) is 1. The lowest BCUT2D eigenvalue weighted by Gasteiger charge is -2.39. The fraction of sp³-hybridized carbons (Fsp3) is 0.375. The number of hydrogen-bond acceptors (Lipinski definition) is 6. The van der Waals surface area contributed by atoms with E-state index in [4.69, 9.17) is 14.2 Å². The molecule has 0 radical (unpaired) electrons. The number of carbonyl (C=O) groups is 1. The van der Waals surface area contributed by atoms with Crippen LogP contribution in [-0.4, -0.2) is 49.9 Å². The van der Waals surface area contributed by atoms with Crippen molar-refractivity contribution in [3.63, 3.8) is 0 Å². The van der Waals surface area contributed by atoms with Crippen LogP contribution < -0.4 is 14.2 Å². The number of likely N-dealkylation sites (tertiary alicyclic amines) is 1. The number of benzene rings is 2. The van der Waals surface area contributed by atoms with Gasteiger partial charge in [-0.05, 0) is 59.5 Å². The summed E-state index contributed by atoms with van der Waals surface area (Å²) in [4.78, 5) is 14.3. The van der Waals surface area contributed by atoms with Gasteiger partial charge in [-0.2, -0.15) is 0 Å². The van der Waals surface area contributed by atoms with Crippen molar-refractivity contribution < 1.29 is 24.1 Å². The number of nitrogens with zero attached hydrogens (tertiary/aromatic N) is 1. The quantitative estimate of drug-likeness (QED) is 0.559. The fourth-order valence-corrected chi connectivity index (χ4v) is 5.53. The van der Waals surface area contributed by atoms with E-state index >= 15 is 0 Å². The van der Waals surface area contributed by atoms with Gasteiger partial charge in [0.1, 0.15) is 6.04 Å². The molecule has 1 fully saturated rings. The minimum absolute atomic E-state index is 0.244. The van der Waals surface area contributed by atoms with Crippen LogP contribution in [0.4, 0.5) is 0 Å². The third kappa shape index (κ3) is 3.95. The first-order chi connectivity index (χ1) is 15.1.